The Morgan fingerprint density at radius 2 is 1.71 bits per heavy atom. The van der Waals surface area contributed by atoms with Crippen LogP contribution in [0.5, 0.6) is 0 Å². The maximum absolute atomic E-state index is 6.67. The Labute approximate surface area is 135 Å². The number of thiophene rings is 1. The van der Waals surface area contributed by atoms with Crippen LogP contribution in [-0.2, 0) is 6.42 Å². The van der Waals surface area contributed by atoms with E-state index in [0.717, 1.165) is 6.42 Å². The molecule has 1 aromatic heterocycles. The molecule has 0 nitrogen and oxygen atoms in total. The molecule has 1 atom stereocenters. The van der Waals surface area contributed by atoms with Gasteiger partial charge in [0.25, 0.3) is 0 Å². The van der Waals surface area contributed by atoms with Crippen molar-refractivity contribution in [3.8, 4) is 0 Å². The minimum atomic E-state index is -0.0597. The Kier molecular flexibility index (Phi) is 4.32. The molecule has 0 N–H and O–H groups in total. The summed E-state index contributed by atoms with van der Waals surface area (Å²) < 4.78 is 1.30. The van der Waals surface area contributed by atoms with Crippen molar-refractivity contribution in [1.29, 1.82) is 0 Å². The van der Waals surface area contributed by atoms with Crippen LogP contribution in [-0.4, -0.2) is 0 Å². The summed E-state index contributed by atoms with van der Waals surface area (Å²) in [5.74, 6) is 0.685. The lowest BCUT2D eigenvalue weighted by molar-refractivity contribution is 0.647. The second-order valence-corrected chi connectivity index (χ2v) is 7.44. The second kappa shape index (κ2) is 6.21. The Balaban J connectivity index is 1.85. The van der Waals surface area contributed by atoms with Gasteiger partial charge < -0.3 is 0 Å². The Bertz CT molecular complexity index is 692. The number of benzene rings is 2. The molecule has 1 heterocycles. The van der Waals surface area contributed by atoms with Gasteiger partial charge in [0.2, 0.25) is 0 Å². The van der Waals surface area contributed by atoms with Gasteiger partial charge in [0.05, 0.1) is 5.38 Å². The summed E-state index contributed by atoms with van der Waals surface area (Å²) in [5.41, 5.74) is 2.56. The van der Waals surface area contributed by atoms with E-state index in [1.165, 1.54) is 26.1 Å². The highest BCUT2D eigenvalue weighted by Crippen LogP contribution is 2.37. The monoisotopic (exact) mass is 314 g/mol. The van der Waals surface area contributed by atoms with Gasteiger partial charge in [0.1, 0.15) is 0 Å². The van der Waals surface area contributed by atoms with E-state index in [-0.39, 0.29) is 5.38 Å². The van der Waals surface area contributed by atoms with Crippen molar-refractivity contribution in [2.75, 3.05) is 0 Å². The first-order chi connectivity index (χ1) is 10.1. The summed E-state index contributed by atoms with van der Waals surface area (Å²) in [5, 5.41) is 1.22. The Morgan fingerprint density at radius 3 is 2.38 bits per heavy atom. The zero-order valence-corrected chi connectivity index (χ0v) is 13.9. The van der Waals surface area contributed by atoms with E-state index < -0.39 is 0 Å². The van der Waals surface area contributed by atoms with Gasteiger partial charge in [-0.15, -0.1) is 22.9 Å². The third-order valence-electron chi connectivity index (χ3n) is 3.61. The fraction of sp³-hybridized carbons (Fsp3) is 0.263. The number of fused-ring (bicyclic) bond motifs is 1. The molecule has 2 heteroatoms. The van der Waals surface area contributed by atoms with Gasteiger partial charge in [-0.05, 0) is 41.0 Å². The van der Waals surface area contributed by atoms with Crippen LogP contribution < -0.4 is 0 Å². The van der Waals surface area contributed by atoms with Gasteiger partial charge >= 0.3 is 0 Å². The highest BCUT2D eigenvalue weighted by Gasteiger charge is 2.14. The molecule has 0 bridgehead atoms. The summed E-state index contributed by atoms with van der Waals surface area (Å²) in [6.07, 6.45) is 1.12. The number of rotatable bonds is 4. The molecule has 0 aliphatic heterocycles. The van der Waals surface area contributed by atoms with Crippen molar-refractivity contribution < 1.29 is 0 Å². The molecule has 108 valence electrons. The normalized spacial score (nSPS) is 13.0. The second-order valence-electron chi connectivity index (χ2n) is 5.89. The molecule has 0 aliphatic rings. The Hall–Kier alpha value is -1.31. The van der Waals surface area contributed by atoms with Crippen LogP contribution in [0.4, 0.5) is 0 Å². The van der Waals surface area contributed by atoms with E-state index in [0.29, 0.717) is 5.92 Å². The third-order valence-corrected chi connectivity index (χ3v) is 5.41. The fourth-order valence-corrected chi connectivity index (χ4v) is 4.00. The van der Waals surface area contributed by atoms with E-state index in [1.807, 2.05) is 0 Å². The predicted molar refractivity (Wildman–Crippen MR) is 94.5 cm³/mol. The summed E-state index contributed by atoms with van der Waals surface area (Å²) in [4.78, 5) is 1.22. The van der Waals surface area contributed by atoms with Crippen molar-refractivity contribution in [3.63, 3.8) is 0 Å². The summed E-state index contributed by atoms with van der Waals surface area (Å²) in [6.45, 7) is 4.49. The van der Waals surface area contributed by atoms with Gasteiger partial charge in [-0.2, -0.15) is 0 Å². The zero-order valence-electron chi connectivity index (χ0n) is 12.3. The molecule has 3 aromatic rings. The van der Waals surface area contributed by atoms with Gasteiger partial charge in [0, 0.05) is 9.58 Å². The summed E-state index contributed by atoms with van der Waals surface area (Å²) in [6, 6.07) is 19.4. The minimum Gasteiger partial charge on any atom is -0.138 e. The highest BCUT2D eigenvalue weighted by molar-refractivity contribution is 7.19. The fourth-order valence-electron chi connectivity index (χ4n) is 2.59. The highest BCUT2D eigenvalue weighted by atomic mass is 35.5. The van der Waals surface area contributed by atoms with Crippen molar-refractivity contribution >= 4 is 33.0 Å². The quantitative estimate of drug-likeness (QED) is 0.487. The van der Waals surface area contributed by atoms with E-state index in [1.54, 1.807) is 11.3 Å². The van der Waals surface area contributed by atoms with Gasteiger partial charge in [0.15, 0.2) is 0 Å². The lowest BCUT2D eigenvalue weighted by atomic mass is 10.0. The van der Waals surface area contributed by atoms with Crippen LogP contribution in [0.15, 0.2) is 54.6 Å². The summed E-state index contributed by atoms with van der Waals surface area (Å²) >= 11 is 8.45. The first kappa shape index (κ1) is 14.6. The first-order valence-corrected chi connectivity index (χ1v) is 8.60. The lowest BCUT2D eigenvalue weighted by Gasteiger charge is -2.10. The Morgan fingerprint density at radius 1 is 1.00 bits per heavy atom. The molecule has 0 saturated heterocycles. The van der Waals surface area contributed by atoms with Crippen LogP contribution >= 0.6 is 22.9 Å². The zero-order chi connectivity index (χ0) is 14.8. The smallest absolute Gasteiger partial charge is 0.0928 e. The topological polar surface area (TPSA) is 0 Å². The maximum Gasteiger partial charge on any atom is 0.0928 e. The molecule has 0 spiro atoms. The van der Waals surface area contributed by atoms with Gasteiger partial charge in [-0.25, -0.2) is 0 Å². The lowest BCUT2D eigenvalue weighted by Crippen LogP contribution is -1.95. The van der Waals surface area contributed by atoms with Crippen LogP contribution in [0.3, 0.4) is 0 Å². The van der Waals surface area contributed by atoms with Gasteiger partial charge in [-0.1, -0.05) is 56.3 Å². The van der Waals surface area contributed by atoms with E-state index in [9.17, 15) is 0 Å². The molecule has 3 rings (SSSR count). The number of hydrogen-bond donors (Lipinski definition) is 0. The molecule has 0 fully saturated rings. The minimum absolute atomic E-state index is 0.0597. The average molecular weight is 315 g/mol. The molecule has 2 aromatic carbocycles. The number of alkyl halides is 1. The standard InChI is InChI=1S/C19H19ClS/c1-13(2)11-14-7-9-15(10-8-14)19(20)18-12-16-5-3-4-6-17(16)21-18/h3-10,12-13,19H,11H2,1-2H3. The first-order valence-electron chi connectivity index (χ1n) is 7.35. The molecule has 0 amide bonds. The van der Waals surface area contributed by atoms with E-state index >= 15 is 0 Å². The van der Waals surface area contributed by atoms with Crippen molar-refractivity contribution in [3.05, 3.63) is 70.6 Å². The van der Waals surface area contributed by atoms with E-state index in [4.69, 9.17) is 11.6 Å². The molecule has 1 unspecified atom stereocenters. The van der Waals surface area contributed by atoms with Crippen LogP contribution in [0.1, 0.15) is 35.2 Å². The SMILES string of the molecule is CC(C)Cc1ccc(C(Cl)c2cc3ccccc3s2)cc1. The number of halogens is 1. The summed E-state index contributed by atoms with van der Waals surface area (Å²) in [7, 11) is 0. The van der Waals surface area contributed by atoms with Crippen molar-refractivity contribution in [2.45, 2.75) is 25.6 Å². The molecule has 0 aliphatic carbocycles. The predicted octanol–water partition coefficient (Wildman–Crippen LogP) is 6.43. The van der Waals surface area contributed by atoms with Crippen molar-refractivity contribution in [1.82, 2.24) is 0 Å². The molecule has 0 radical (unpaired) electrons. The van der Waals surface area contributed by atoms with Crippen molar-refractivity contribution in [2.24, 2.45) is 5.92 Å². The molecular weight excluding hydrogens is 296 g/mol. The maximum atomic E-state index is 6.67. The average Bonchev–Trinajstić information content (AvgIpc) is 2.90. The van der Waals surface area contributed by atoms with Gasteiger partial charge in [-0.3, -0.25) is 0 Å². The molecule has 0 saturated carbocycles. The molecular formula is C19H19ClS. The molecule has 21 heavy (non-hydrogen) atoms. The van der Waals surface area contributed by atoms with Crippen LogP contribution in [0.25, 0.3) is 10.1 Å². The van der Waals surface area contributed by atoms with E-state index in [2.05, 4.69) is 68.4 Å². The third kappa shape index (κ3) is 3.30. The van der Waals surface area contributed by atoms with Crippen LogP contribution in [0, 0.1) is 5.92 Å². The van der Waals surface area contributed by atoms with Crippen LogP contribution in [0.2, 0.25) is 0 Å². The largest absolute Gasteiger partial charge is 0.138 e. The number of hydrogen-bond acceptors (Lipinski definition) is 1.